The number of amides is 1. The van der Waals surface area contributed by atoms with Gasteiger partial charge in [0.25, 0.3) is 0 Å². The van der Waals surface area contributed by atoms with E-state index >= 15 is 0 Å². The van der Waals surface area contributed by atoms with Crippen molar-refractivity contribution in [2.24, 2.45) is 0 Å². The Hall–Kier alpha value is -2.76. The van der Waals surface area contributed by atoms with Gasteiger partial charge in [-0.2, -0.15) is 0 Å². The molecule has 0 saturated carbocycles. The quantitative estimate of drug-likeness (QED) is 0.894. The Morgan fingerprint density at radius 1 is 1.45 bits per heavy atom. The number of H-pyrrole nitrogens is 1. The third-order valence-corrected chi connectivity index (χ3v) is 3.74. The van der Waals surface area contributed by atoms with Crippen LogP contribution in [0.15, 0.2) is 30.7 Å². The molecule has 0 atom stereocenters. The third-order valence-electron chi connectivity index (χ3n) is 3.74. The zero-order valence-corrected chi connectivity index (χ0v) is 12.6. The predicted octanol–water partition coefficient (Wildman–Crippen LogP) is 2.97. The fourth-order valence-corrected chi connectivity index (χ4v) is 2.55. The number of carbonyl (C=O) groups excluding carboxylic acids is 1. The Bertz CT molecular complexity index is 707. The van der Waals surface area contributed by atoms with Crippen molar-refractivity contribution < 1.29 is 9.53 Å². The number of rotatable bonds is 2. The van der Waals surface area contributed by atoms with Crippen LogP contribution in [0.1, 0.15) is 17.7 Å². The molecule has 6 heteroatoms. The van der Waals surface area contributed by atoms with E-state index in [1.807, 2.05) is 18.2 Å². The van der Waals surface area contributed by atoms with Crippen molar-refractivity contribution in [2.45, 2.75) is 6.42 Å². The predicted molar refractivity (Wildman–Crippen MR) is 86.8 cm³/mol. The number of fused-ring (bicyclic) bond motifs is 1. The second-order valence-electron chi connectivity index (χ2n) is 5.11. The summed E-state index contributed by atoms with van der Waals surface area (Å²) in [6.45, 7) is 0.888. The molecule has 3 rings (SSSR count). The number of imidazole rings is 1. The summed E-state index contributed by atoms with van der Waals surface area (Å²) < 4.78 is 4.77. The Kier molecular flexibility index (Phi) is 3.82. The minimum Gasteiger partial charge on any atom is -0.452 e. The average molecular weight is 298 g/mol. The standard InChI is InChI=1S/C16H18N4O2/c1-20(16(21)22-2)13-3-4-15-14(8-13)11(5-6-18-15)7-12-9-17-10-19-12/h3-4,7-10,18H,5-6H2,1-2H3,(H,17,19)/b11-7+. The number of anilines is 2. The van der Waals surface area contributed by atoms with Gasteiger partial charge in [-0.05, 0) is 36.3 Å². The molecule has 0 spiro atoms. The number of methoxy groups -OCH3 is 1. The fourth-order valence-electron chi connectivity index (χ4n) is 2.55. The molecule has 0 fully saturated rings. The highest BCUT2D eigenvalue weighted by atomic mass is 16.5. The Morgan fingerprint density at radius 3 is 3.05 bits per heavy atom. The van der Waals surface area contributed by atoms with Crippen LogP contribution in [-0.4, -0.2) is 36.8 Å². The van der Waals surface area contributed by atoms with Gasteiger partial charge in [0, 0.05) is 30.5 Å². The highest BCUT2D eigenvalue weighted by molar-refractivity contribution is 5.92. The highest BCUT2D eigenvalue weighted by Crippen LogP contribution is 2.34. The molecule has 22 heavy (non-hydrogen) atoms. The summed E-state index contributed by atoms with van der Waals surface area (Å²) in [4.78, 5) is 20.3. The Labute approximate surface area is 128 Å². The molecule has 0 saturated heterocycles. The molecule has 2 heterocycles. The van der Waals surface area contributed by atoms with E-state index in [2.05, 4.69) is 21.4 Å². The maximum absolute atomic E-state index is 11.7. The van der Waals surface area contributed by atoms with Gasteiger partial charge in [-0.3, -0.25) is 4.90 Å². The van der Waals surface area contributed by atoms with Gasteiger partial charge in [-0.25, -0.2) is 9.78 Å². The third kappa shape index (κ3) is 2.67. The molecule has 0 bridgehead atoms. The minimum absolute atomic E-state index is 0.386. The van der Waals surface area contributed by atoms with Crippen molar-refractivity contribution >= 4 is 29.1 Å². The fraction of sp³-hybridized carbons (Fsp3) is 0.250. The monoisotopic (exact) mass is 298 g/mol. The van der Waals surface area contributed by atoms with Crippen molar-refractivity contribution in [3.05, 3.63) is 42.0 Å². The van der Waals surface area contributed by atoms with Crippen molar-refractivity contribution in [1.82, 2.24) is 9.97 Å². The summed E-state index contributed by atoms with van der Waals surface area (Å²) in [7, 11) is 3.07. The van der Waals surface area contributed by atoms with Crippen molar-refractivity contribution in [3.63, 3.8) is 0 Å². The molecular formula is C16H18N4O2. The maximum Gasteiger partial charge on any atom is 0.413 e. The molecular weight excluding hydrogens is 280 g/mol. The Morgan fingerprint density at radius 2 is 2.32 bits per heavy atom. The van der Waals surface area contributed by atoms with Crippen LogP contribution < -0.4 is 10.2 Å². The molecule has 2 N–H and O–H groups in total. The van der Waals surface area contributed by atoms with Crippen molar-refractivity contribution in [3.8, 4) is 0 Å². The summed E-state index contributed by atoms with van der Waals surface area (Å²) >= 11 is 0. The molecule has 1 amide bonds. The maximum atomic E-state index is 11.7. The van der Waals surface area contributed by atoms with Crippen LogP contribution in [0.25, 0.3) is 11.6 Å². The van der Waals surface area contributed by atoms with Crippen LogP contribution in [0, 0.1) is 0 Å². The topological polar surface area (TPSA) is 70.2 Å². The van der Waals surface area contributed by atoms with Crippen molar-refractivity contribution in [1.29, 1.82) is 0 Å². The van der Waals surface area contributed by atoms with E-state index in [0.717, 1.165) is 35.6 Å². The van der Waals surface area contributed by atoms with Crippen LogP contribution >= 0.6 is 0 Å². The molecule has 0 aliphatic carbocycles. The molecule has 1 aliphatic rings. The molecule has 2 aromatic rings. The van der Waals surface area contributed by atoms with Gasteiger partial charge in [0.05, 0.1) is 25.3 Å². The molecule has 114 valence electrons. The van der Waals surface area contributed by atoms with Gasteiger partial charge in [-0.1, -0.05) is 0 Å². The number of ether oxygens (including phenoxy) is 1. The van der Waals surface area contributed by atoms with E-state index in [9.17, 15) is 4.79 Å². The van der Waals surface area contributed by atoms with Crippen LogP contribution in [0.2, 0.25) is 0 Å². The number of hydrogen-bond acceptors (Lipinski definition) is 4. The lowest BCUT2D eigenvalue weighted by Gasteiger charge is -2.24. The second kappa shape index (κ2) is 5.93. The number of hydrogen-bond donors (Lipinski definition) is 2. The van der Waals surface area contributed by atoms with E-state index in [1.165, 1.54) is 17.6 Å². The van der Waals surface area contributed by atoms with E-state index in [1.54, 1.807) is 19.6 Å². The number of nitrogens with one attached hydrogen (secondary N) is 2. The van der Waals surface area contributed by atoms with Gasteiger partial charge < -0.3 is 15.0 Å². The van der Waals surface area contributed by atoms with Gasteiger partial charge >= 0.3 is 6.09 Å². The Balaban J connectivity index is 2.00. The molecule has 1 aliphatic heterocycles. The van der Waals surface area contributed by atoms with E-state index < -0.39 is 0 Å². The summed E-state index contributed by atoms with van der Waals surface area (Å²) in [6, 6.07) is 5.90. The lowest BCUT2D eigenvalue weighted by molar-refractivity contribution is 0.180. The highest BCUT2D eigenvalue weighted by Gasteiger charge is 2.17. The zero-order chi connectivity index (χ0) is 15.5. The van der Waals surface area contributed by atoms with Crippen molar-refractivity contribution in [2.75, 3.05) is 30.9 Å². The summed E-state index contributed by atoms with van der Waals surface area (Å²) in [6.07, 6.45) is 6.07. The lowest BCUT2D eigenvalue weighted by Crippen LogP contribution is -2.26. The van der Waals surface area contributed by atoms with Crippen LogP contribution in [-0.2, 0) is 4.74 Å². The van der Waals surface area contributed by atoms with Gasteiger partial charge in [0.15, 0.2) is 0 Å². The van der Waals surface area contributed by atoms with Gasteiger partial charge in [0.2, 0.25) is 0 Å². The van der Waals surface area contributed by atoms with Crippen LogP contribution in [0.5, 0.6) is 0 Å². The zero-order valence-electron chi connectivity index (χ0n) is 12.6. The lowest BCUT2D eigenvalue weighted by atomic mass is 9.95. The molecule has 6 nitrogen and oxygen atoms in total. The van der Waals surface area contributed by atoms with Gasteiger partial charge in [-0.15, -0.1) is 0 Å². The molecule has 1 aromatic carbocycles. The normalized spacial score (nSPS) is 15.1. The minimum atomic E-state index is -0.386. The molecule has 1 aromatic heterocycles. The smallest absolute Gasteiger partial charge is 0.413 e. The first kappa shape index (κ1) is 14.2. The van der Waals surface area contributed by atoms with E-state index in [0.29, 0.717) is 0 Å². The van der Waals surface area contributed by atoms with E-state index in [4.69, 9.17) is 4.74 Å². The SMILES string of the molecule is COC(=O)N(C)c1ccc2c(c1)/C(=C/c1cnc[nH]1)CCN2. The number of nitrogens with zero attached hydrogens (tertiary/aromatic N) is 2. The first-order valence-corrected chi connectivity index (χ1v) is 7.08. The first-order chi connectivity index (χ1) is 10.7. The van der Waals surface area contributed by atoms with Gasteiger partial charge in [0.1, 0.15) is 0 Å². The largest absolute Gasteiger partial charge is 0.452 e. The number of aromatic nitrogens is 2. The number of benzene rings is 1. The average Bonchev–Trinajstić information content (AvgIpc) is 3.06. The second-order valence-corrected chi connectivity index (χ2v) is 5.11. The summed E-state index contributed by atoms with van der Waals surface area (Å²) in [5.41, 5.74) is 5.13. The summed E-state index contributed by atoms with van der Waals surface area (Å²) in [5.74, 6) is 0. The number of carbonyl (C=O) groups is 1. The summed E-state index contributed by atoms with van der Waals surface area (Å²) in [5, 5.41) is 3.38. The van der Waals surface area contributed by atoms with Crippen LogP contribution in [0.4, 0.5) is 16.2 Å². The molecule has 0 unspecified atom stereocenters. The van der Waals surface area contributed by atoms with E-state index in [-0.39, 0.29) is 6.09 Å². The van der Waals surface area contributed by atoms with Crippen LogP contribution in [0.3, 0.4) is 0 Å². The molecule has 0 radical (unpaired) electrons. The number of aromatic amines is 1. The first-order valence-electron chi connectivity index (χ1n) is 7.08.